The molecule has 0 aromatic carbocycles. The summed E-state index contributed by atoms with van der Waals surface area (Å²) in [4.78, 5) is 0. The fourth-order valence-corrected chi connectivity index (χ4v) is 3.93. The smallest absolute Gasteiger partial charge is 0.213 e. The Morgan fingerprint density at radius 3 is 2.50 bits per heavy atom. The van der Waals surface area contributed by atoms with E-state index < -0.39 is 10.0 Å². The Morgan fingerprint density at radius 1 is 1.20 bits per heavy atom. The fourth-order valence-electron chi connectivity index (χ4n) is 2.69. The summed E-state index contributed by atoms with van der Waals surface area (Å²) >= 11 is 0. The zero-order chi connectivity index (χ0) is 15.1. The SMILES string of the molecule is CCCNCCS(=O)(=O)NC1CCOC(CC)(CC)C1. The second kappa shape index (κ2) is 8.32. The predicted octanol–water partition coefficient (Wildman–Crippen LogP) is 1.64. The van der Waals surface area contributed by atoms with Crippen molar-refractivity contribution >= 4 is 10.0 Å². The van der Waals surface area contributed by atoms with Gasteiger partial charge in [0.05, 0.1) is 11.4 Å². The molecule has 0 amide bonds. The van der Waals surface area contributed by atoms with Crippen LogP contribution in [0.4, 0.5) is 0 Å². The highest BCUT2D eigenvalue weighted by Crippen LogP contribution is 2.31. The molecule has 120 valence electrons. The van der Waals surface area contributed by atoms with Crippen LogP contribution in [0.15, 0.2) is 0 Å². The highest BCUT2D eigenvalue weighted by Gasteiger charge is 2.35. The molecule has 5 nitrogen and oxygen atoms in total. The van der Waals surface area contributed by atoms with Crippen molar-refractivity contribution in [3.63, 3.8) is 0 Å². The average Bonchev–Trinajstić information content (AvgIpc) is 2.43. The van der Waals surface area contributed by atoms with Crippen molar-refractivity contribution in [2.45, 2.75) is 64.5 Å². The molecule has 1 rings (SSSR count). The van der Waals surface area contributed by atoms with E-state index in [1.54, 1.807) is 0 Å². The molecule has 1 unspecified atom stereocenters. The third-order valence-electron chi connectivity index (χ3n) is 4.10. The van der Waals surface area contributed by atoms with E-state index in [1.165, 1.54) is 0 Å². The van der Waals surface area contributed by atoms with Crippen molar-refractivity contribution in [2.75, 3.05) is 25.4 Å². The van der Waals surface area contributed by atoms with Gasteiger partial charge in [0.15, 0.2) is 0 Å². The molecule has 0 saturated carbocycles. The number of rotatable bonds is 9. The molecule has 1 aliphatic rings. The maximum atomic E-state index is 12.1. The van der Waals surface area contributed by atoms with Crippen LogP contribution in [0.3, 0.4) is 0 Å². The van der Waals surface area contributed by atoms with Gasteiger partial charge in [-0.05, 0) is 38.6 Å². The summed E-state index contributed by atoms with van der Waals surface area (Å²) in [5, 5.41) is 3.12. The maximum Gasteiger partial charge on any atom is 0.213 e. The van der Waals surface area contributed by atoms with Gasteiger partial charge in [0.25, 0.3) is 0 Å². The zero-order valence-electron chi connectivity index (χ0n) is 13.1. The Balaban J connectivity index is 2.46. The zero-order valence-corrected chi connectivity index (χ0v) is 13.9. The summed E-state index contributed by atoms with van der Waals surface area (Å²) in [6, 6.07) is 0.0137. The van der Waals surface area contributed by atoms with Gasteiger partial charge in [-0.15, -0.1) is 0 Å². The summed E-state index contributed by atoms with van der Waals surface area (Å²) in [5.41, 5.74) is -0.147. The van der Waals surface area contributed by atoms with Crippen molar-refractivity contribution in [3.8, 4) is 0 Å². The topological polar surface area (TPSA) is 67.4 Å². The number of hydrogen-bond acceptors (Lipinski definition) is 4. The molecule has 1 aliphatic heterocycles. The summed E-state index contributed by atoms with van der Waals surface area (Å²) in [7, 11) is -3.20. The molecule has 0 radical (unpaired) electrons. The second-order valence-corrected chi connectivity index (χ2v) is 7.49. The van der Waals surface area contributed by atoms with Crippen LogP contribution in [-0.2, 0) is 14.8 Å². The maximum absolute atomic E-state index is 12.1. The van der Waals surface area contributed by atoms with E-state index in [1.807, 2.05) is 0 Å². The predicted molar refractivity (Wildman–Crippen MR) is 82.4 cm³/mol. The quantitative estimate of drug-likeness (QED) is 0.636. The Kier molecular flexibility index (Phi) is 7.43. The number of nitrogens with one attached hydrogen (secondary N) is 2. The lowest BCUT2D eigenvalue weighted by molar-refractivity contribution is -0.0905. The lowest BCUT2D eigenvalue weighted by Gasteiger charge is -2.40. The highest BCUT2D eigenvalue weighted by molar-refractivity contribution is 7.89. The molecule has 0 aliphatic carbocycles. The molecule has 2 N–H and O–H groups in total. The van der Waals surface area contributed by atoms with Crippen LogP contribution < -0.4 is 10.0 Å². The molecule has 0 bridgehead atoms. The molecule has 1 saturated heterocycles. The van der Waals surface area contributed by atoms with Gasteiger partial charge in [0, 0.05) is 19.2 Å². The molecule has 1 fully saturated rings. The molecule has 6 heteroatoms. The van der Waals surface area contributed by atoms with Crippen LogP contribution in [0, 0.1) is 0 Å². The minimum absolute atomic E-state index is 0.0137. The first-order valence-corrected chi connectivity index (χ1v) is 9.47. The van der Waals surface area contributed by atoms with Crippen molar-refractivity contribution in [1.29, 1.82) is 0 Å². The van der Waals surface area contributed by atoms with E-state index in [-0.39, 0.29) is 17.4 Å². The molecular weight excluding hydrogens is 276 g/mol. The van der Waals surface area contributed by atoms with Gasteiger partial charge in [-0.1, -0.05) is 20.8 Å². The molecule has 0 spiro atoms. The van der Waals surface area contributed by atoms with Crippen LogP contribution in [0.25, 0.3) is 0 Å². The Hall–Kier alpha value is -0.170. The summed E-state index contributed by atoms with van der Waals surface area (Å²) < 4.78 is 32.8. The lowest BCUT2D eigenvalue weighted by atomic mass is 9.86. The van der Waals surface area contributed by atoms with Gasteiger partial charge in [-0.25, -0.2) is 13.1 Å². The summed E-state index contributed by atoms with van der Waals surface area (Å²) in [6.45, 7) is 8.30. The third kappa shape index (κ3) is 5.68. The highest BCUT2D eigenvalue weighted by atomic mass is 32.2. The van der Waals surface area contributed by atoms with E-state index in [4.69, 9.17) is 4.74 Å². The third-order valence-corrected chi connectivity index (χ3v) is 5.54. The Bertz CT molecular complexity index is 367. The number of hydrogen-bond donors (Lipinski definition) is 2. The molecule has 1 atom stereocenters. The van der Waals surface area contributed by atoms with Gasteiger partial charge < -0.3 is 10.1 Å². The van der Waals surface area contributed by atoms with Crippen LogP contribution in [0.1, 0.15) is 52.9 Å². The van der Waals surface area contributed by atoms with Crippen molar-refractivity contribution in [1.82, 2.24) is 10.0 Å². The number of ether oxygens (including phenoxy) is 1. The Morgan fingerprint density at radius 2 is 1.90 bits per heavy atom. The van der Waals surface area contributed by atoms with Crippen LogP contribution in [0.5, 0.6) is 0 Å². The minimum Gasteiger partial charge on any atom is -0.375 e. The average molecular weight is 306 g/mol. The van der Waals surface area contributed by atoms with Gasteiger partial charge in [-0.2, -0.15) is 0 Å². The fraction of sp³-hybridized carbons (Fsp3) is 1.00. The monoisotopic (exact) mass is 306 g/mol. The summed E-state index contributed by atoms with van der Waals surface area (Å²) in [5.74, 6) is 0.148. The summed E-state index contributed by atoms with van der Waals surface area (Å²) in [6.07, 6.45) is 4.42. The lowest BCUT2D eigenvalue weighted by Crippen LogP contribution is -2.49. The molecule has 0 aromatic heterocycles. The Labute approximate surface area is 123 Å². The standard InChI is InChI=1S/C14H30N2O3S/c1-4-8-15-9-11-20(17,18)16-13-7-10-19-14(5-2,6-3)12-13/h13,15-16H,4-12H2,1-3H3. The molecule has 20 heavy (non-hydrogen) atoms. The first-order chi connectivity index (χ1) is 9.47. The van der Waals surface area contributed by atoms with Crippen LogP contribution in [-0.4, -0.2) is 45.5 Å². The first kappa shape index (κ1) is 17.9. The number of sulfonamides is 1. The molecule has 1 heterocycles. The van der Waals surface area contributed by atoms with Gasteiger partial charge in [0.2, 0.25) is 10.0 Å². The van der Waals surface area contributed by atoms with Crippen molar-refractivity contribution in [3.05, 3.63) is 0 Å². The van der Waals surface area contributed by atoms with Crippen LogP contribution in [0.2, 0.25) is 0 Å². The van der Waals surface area contributed by atoms with Gasteiger partial charge >= 0.3 is 0 Å². The van der Waals surface area contributed by atoms with E-state index in [0.29, 0.717) is 13.2 Å². The normalized spacial score (nSPS) is 22.9. The second-order valence-electron chi connectivity index (χ2n) is 5.62. The minimum atomic E-state index is -3.20. The van der Waals surface area contributed by atoms with E-state index in [9.17, 15) is 8.42 Å². The van der Waals surface area contributed by atoms with Crippen molar-refractivity contribution < 1.29 is 13.2 Å². The van der Waals surface area contributed by atoms with E-state index in [2.05, 4.69) is 30.8 Å². The van der Waals surface area contributed by atoms with Crippen molar-refractivity contribution in [2.24, 2.45) is 0 Å². The van der Waals surface area contributed by atoms with Crippen LogP contribution >= 0.6 is 0 Å². The first-order valence-electron chi connectivity index (χ1n) is 7.81. The molecular formula is C14H30N2O3S. The van der Waals surface area contributed by atoms with E-state index >= 15 is 0 Å². The van der Waals surface area contributed by atoms with E-state index in [0.717, 1.165) is 38.6 Å². The van der Waals surface area contributed by atoms with Gasteiger partial charge in [0.1, 0.15) is 0 Å². The largest absolute Gasteiger partial charge is 0.375 e. The molecule has 0 aromatic rings. The van der Waals surface area contributed by atoms with Gasteiger partial charge in [-0.3, -0.25) is 0 Å².